The van der Waals surface area contributed by atoms with Gasteiger partial charge in [-0.15, -0.1) is 0 Å². The van der Waals surface area contributed by atoms with E-state index in [2.05, 4.69) is 17.4 Å². The van der Waals surface area contributed by atoms with Crippen molar-refractivity contribution in [1.82, 2.24) is 10.2 Å². The van der Waals surface area contributed by atoms with E-state index >= 15 is 0 Å². The van der Waals surface area contributed by atoms with Crippen molar-refractivity contribution in [2.24, 2.45) is 17.8 Å². The molecular formula is C38H47N3O4S. The Hall–Kier alpha value is -3.65. The van der Waals surface area contributed by atoms with Crippen molar-refractivity contribution >= 4 is 27.5 Å². The Labute approximate surface area is 274 Å². The van der Waals surface area contributed by atoms with Gasteiger partial charge in [-0.1, -0.05) is 72.3 Å². The minimum absolute atomic E-state index is 0.178. The zero-order chi connectivity index (χ0) is 32.5. The normalized spacial score (nSPS) is 23.9. The van der Waals surface area contributed by atoms with E-state index in [9.17, 15) is 18.0 Å². The fraction of sp³-hybridized carbons (Fsp3) is 0.474. The third kappa shape index (κ3) is 7.02. The lowest BCUT2D eigenvalue weighted by atomic mass is 9.48. The molecule has 7 nitrogen and oxygen atoms in total. The molecule has 0 aromatic heterocycles. The van der Waals surface area contributed by atoms with Crippen LogP contribution in [-0.2, 0) is 38.0 Å². The lowest BCUT2D eigenvalue weighted by molar-refractivity contribution is -0.140. The lowest BCUT2D eigenvalue weighted by Gasteiger charge is -2.57. The minimum atomic E-state index is -3.81. The quantitative estimate of drug-likeness (QED) is 0.263. The van der Waals surface area contributed by atoms with E-state index < -0.39 is 28.5 Å². The van der Waals surface area contributed by atoms with E-state index in [1.54, 1.807) is 4.90 Å². The average molecular weight is 642 g/mol. The number of aryl methyl sites for hydroxylation is 1. The molecule has 4 saturated carbocycles. The zero-order valence-electron chi connectivity index (χ0n) is 27.3. The van der Waals surface area contributed by atoms with Crippen molar-refractivity contribution in [3.63, 3.8) is 0 Å². The molecule has 4 aliphatic rings. The second-order valence-corrected chi connectivity index (χ2v) is 16.0. The summed E-state index contributed by atoms with van der Waals surface area (Å²) in [6.45, 7) is 4.04. The first kappa shape index (κ1) is 32.3. The summed E-state index contributed by atoms with van der Waals surface area (Å²) < 4.78 is 27.7. The summed E-state index contributed by atoms with van der Waals surface area (Å²) in [4.78, 5) is 29.5. The summed E-state index contributed by atoms with van der Waals surface area (Å²) in [6, 6.07) is 24.6. The molecule has 0 radical (unpaired) electrons. The molecular weight excluding hydrogens is 595 g/mol. The van der Waals surface area contributed by atoms with Gasteiger partial charge in [0.1, 0.15) is 12.6 Å². The topological polar surface area (TPSA) is 86.8 Å². The lowest BCUT2D eigenvalue weighted by Crippen LogP contribution is -2.53. The number of rotatable bonds is 12. The molecule has 7 rings (SSSR count). The molecule has 2 amide bonds. The summed E-state index contributed by atoms with van der Waals surface area (Å²) in [5, 5.41) is 2.91. The Bertz CT molecular complexity index is 1620. The van der Waals surface area contributed by atoms with Gasteiger partial charge in [-0.25, -0.2) is 8.42 Å². The number of carbonyl (C=O) groups is 2. The van der Waals surface area contributed by atoms with E-state index in [0.29, 0.717) is 18.7 Å². The smallest absolute Gasteiger partial charge is 0.244 e. The number of amides is 2. The molecule has 0 unspecified atom stereocenters. The largest absolute Gasteiger partial charge is 0.355 e. The first-order chi connectivity index (χ1) is 22.0. The molecule has 0 spiro atoms. The Balaban J connectivity index is 1.30. The molecule has 1 N–H and O–H groups in total. The Kier molecular flexibility index (Phi) is 9.28. The molecule has 0 saturated heterocycles. The number of nitrogens with one attached hydrogen (secondary N) is 1. The maximum Gasteiger partial charge on any atom is 0.244 e. The highest BCUT2D eigenvalue weighted by Gasteiger charge is 2.51. The van der Waals surface area contributed by atoms with Crippen LogP contribution in [0.15, 0.2) is 78.9 Å². The SMILES string of the molecule is CCNC(=O)[C@@H](Cc1ccccc1)N(Cc1cccc(C)c1)C(=O)CN(c1ccc(C23CC4CC(CC(C4)C2)C3)cc1)S(C)(=O)=O. The van der Waals surface area contributed by atoms with Crippen LogP contribution in [0.3, 0.4) is 0 Å². The average Bonchev–Trinajstić information content (AvgIpc) is 3.01. The van der Waals surface area contributed by atoms with E-state index in [4.69, 9.17) is 0 Å². The third-order valence-electron chi connectivity index (χ3n) is 10.5. The van der Waals surface area contributed by atoms with Crippen molar-refractivity contribution in [2.45, 2.75) is 76.8 Å². The van der Waals surface area contributed by atoms with Crippen molar-refractivity contribution in [1.29, 1.82) is 0 Å². The van der Waals surface area contributed by atoms with Crippen molar-refractivity contribution in [3.05, 3.63) is 101 Å². The predicted octanol–water partition coefficient (Wildman–Crippen LogP) is 6.01. The molecule has 1 atom stereocenters. The summed E-state index contributed by atoms with van der Waals surface area (Å²) >= 11 is 0. The highest BCUT2D eigenvalue weighted by Crippen LogP contribution is 2.60. The molecule has 244 valence electrons. The van der Waals surface area contributed by atoms with Crippen LogP contribution in [0, 0.1) is 24.7 Å². The van der Waals surface area contributed by atoms with Gasteiger partial charge in [-0.3, -0.25) is 13.9 Å². The number of hydrogen-bond acceptors (Lipinski definition) is 4. The first-order valence-electron chi connectivity index (χ1n) is 16.8. The van der Waals surface area contributed by atoms with Crippen LogP contribution >= 0.6 is 0 Å². The number of anilines is 1. The minimum Gasteiger partial charge on any atom is -0.355 e. The van der Waals surface area contributed by atoms with E-state index in [0.717, 1.165) is 40.7 Å². The first-order valence-corrected chi connectivity index (χ1v) is 18.6. The van der Waals surface area contributed by atoms with Gasteiger partial charge < -0.3 is 10.2 Å². The van der Waals surface area contributed by atoms with Crippen LogP contribution in [0.1, 0.15) is 67.7 Å². The standard InChI is InChI=1S/C38H47N3O4S/c1-4-39-37(43)35(21-28-10-6-5-7-11-28)40(25-29-12-8-9-27(2)17-29)36(42)26-41(46(3,44)45)34-15-13-33(14-16-34)38-22-30-18-31(23-38)20-32(19-30)24-38/h5-17,30-32,35H,4,18-26H2,1-3H3,(H,39,43)/t30?,31?,32?,35-,38?/m1/s1. The van der Waals surface area contributed by atoms with Gasteiger partial charge >= 0.3 is 0 Å². The van der Waals surface area contributed by atoms with Crippen molar-refractivity contribution < 1.29 is 18.0 Å². The molecule has 3 aromatic carbocycles. The summed E-state index contributed by atoms with van der Waals surface area (Å²) in [5.74, 6) is 1.74. The van der Waals surface area contributed by atoms with Crippen LogP contribution in [0.4, 0.5) is 5.69 Å². The van der Waals surface area contributed by atoms with E-state index in [1.165, 1.54) is 48.4 Å². The van der Waals surface area contributed by atoms with Gasteiger partial charge in [0, 0.05) is 19.5 Å². The van der Waals surface area contributed by atoms with Crippen LogP contribution < -0.4 is 9.62 Å². The molecule has 46 heavy (non-hydrogen) atoms. The maximum atomic E-state index is 14.3. The highest BCUT2D eigenvalue weighted by atomic mass is 32.2. The van der Waals surface area contributed by atoms with Gasteiger partial charge in [0.15, 0.2) is 0 Å². The molecule has 0 heterocycles. The van der Waals surface area contributed by atoms with Crippen molar-refractivity contribution in [3.8, 4) is 0 Å². The molecule has 8 heteroatoms. The second kappa shape index (κ2) is 13.2. The Morgan fingerprint density at radius 2 is 1.48 bits per heavy atom. The Morgan fingerprint density at radius 1 is 0.870 bits per heavy atom. The summed E-state index contributed by atoms with van der Waals surface area (Å²) in [7, 11) is -3.81. The van der Waals surface area contributed by atoms with Gasteiger partial charge in [0.05, 0.1) is 11.9 Å². The number of nitrogens with zero attached hydrogens (tertiary/aromatic N) is 2. The molecule has 0 aliphatic heterocycles. The van der Waals surface area contributed by atoms with Crippen LogP contribution in [0.25, 0.3) is 0 Å². The fourth-order valence-electron chi connectivity index (χ4n) is 8.91. The number of benzene rings is 3. The monoisotopic (exact) mass is 641 g/mol. The highest BCUT2D eigenvalue weighted by molar-refractivity contribution is 7.92. The molecule has 3 aromatic rings. The van der Waals surface area contributed by atoms with Crippen molar-refractivity contribution in [2.75, 3.05) is 23.7 Å². The Morgan fingerprint density at radius 3 is 2.04 bits per heavy atom. The van der Waals surface area contributed by atoms with Crippen LogP contribution in [0.2, 0.25) is 0 Å². The van der Waals surface area contributed by atoms with Gasteiger partial charge in [0.25, 0.3) is 0 Å². The predicted molar refractivity (Wildman–Crippen MR) is 183 cm³/mol. The summed E-state index contributed by atoms with van der Waals surface area (Å²) in [5.41, 5.74) is 4.80. The van der Waals surface area contributed by atoms with Gasteiger partial charge in [-0.05, 0) is 104 Å². The number of carbonyl (C=O) groups excluding carboxylic acids is 2. The summed E-state index contributed by atoms with van der Waals surface area (Å²) in [6.07, 6.45) is 9.22. The van der Waals surface area contributed by atoms with Gasteiger partial charge in [0.2, 0.25) is 21.8 Å². The number of sulfonamides is 1. The van der Waals surface area contributed by atoms with Crippen LogP contribution in [0.5, 0.6) is 0 Å². The van der Waals surface area contributed by atoms with Gasteiger partial charge in [-0.2, -0.15) is 0 Å². The van der Waals surface area contributed by atoms with E-state index in [-0.39, 0.29) is 17.9 Å². The molecule has 4 aliphatic carbocycles. The number of likely N-dealkylation sites (N-methyl/N-ethyl adjacent to an activating group) is 1. The van der Waals surface area contributed by atoms with Crippen LogP contribution in [-0.4, -0.2) is 50.5 Å². The molecule has 4 bridgehead atoms. The number of hydrogen-bond donors (Lipinski definition) is 1. The fourth-order valence-corrected chi connectivity index (χ4v) is 9.76. The third-order valence-corrected chi connectivity index (χ3v) is 11.7. The maximum absolute atomic E-state index is 14.3. The zero-order valence-corrected chi connectivity index (χ0v) is 28.1. The molecule has 4 fully saturated rings. The second-order valence-electron chi connectivity index (χ2n) is 14.1. The van der Waals surface area contributed by atoms with E-state index in [1.807, 2.05) is 80.6 Å².